The van der Waals surface area contributed by atoms with Crippen LogP contribution < -0.4 is 5.32 Å². The molecule has 0 aromatic carbocycles. The second-order valence-corrected chi connectivity index (χ2v) is 9.44. The Kier molecular flexibility index (Phi) is 3.19. The molecule has 2 heteroatoms. The third kappa shape index (κ3) is 2.49. The summed E-state index contributed by atoms with van der Waals surface area (Å²) in [7, 11) is 0. The first kappa shape index (κ1) is 13.1. The first-order valence-corrected chi connectivity index (χ1v) is 9.99. The highest BCUT2D eigenvalue weighted by molar-refractivity contribution is 7.12. The second-order valence-electron chi connectivity index (χ2n) is 8.24. The molecule has 4 aliphatic carbocycles. The fourth-order valence-electron chi connectivity index (χ4n) is 5.66. The average molecular weight is 301 g/mol. The van der Waals surface area contributed by atoms with Crippen molar-refractivity contribution >= 4 is 11.3 Å². The SMILES string of the molecule is c1cc(C2CC2)sc1CNC1CC2CC3CCC1C(C3)C2. The van der Waals surface area contributed by atoms with Gasteiger partial charge >= 0.3 is 0 Å². The van der Waals surface area contributed by atoms with Crippen LogP contribution in [0.2, 0.25) is 0 Å². The molecule has 0 radical (unpaired) electrons. The first-order valence-electron chi connectivity index (χ1n) is 9.17. The molecule has 1 aromatic heterocycles. The molecule has 0 saturated heterocycles. The van der Waals surface area contributed by atoms with Gasteiger partial charge in [-0.2, -0.15) is 0 Å². The van der Waals surface area contributed by atoms with E-state index in [2.05, 4.69) is 28.8 Å². The van der Waals surface area contributed by atoms with Crippen molar-refractivity contribution in [3.8, 4) is 0 Å². The van der Waals surface area contributed by atoms with Gasteiger partial charge in [0.05, 0.1) is 0 Å². The maximum Gasteiger partial charge on any atom is 0.0302 e. The van der Waals surface area contributed by atoms with E-state index in [0.29, 0.717) is 0 Å². The lowest BCUT2D eigenvalue weighted by atomic mass is 9.56. The van der Waals surface area contributed by atoms with Crippen molar-refractivity contribution in [2.24, 2.45) is 23.7 Å². The molecule has 1 nitrogen and oxygen atoms in total. The molecule has 0 aliphatic heterocycles. The highest BCUT2D eigenvalue weighted by atomic mass is 32.1. The summed E-state index contributed by atoms with van der Waals surface area (Å²) in [6.07, 6.45) is 12.0. The highest BCUT2D eigenvalue weighted by Gasteiger charge is 2.45. The van der Waals surface area contributed by atoms with E-state index in [4.69, 9.17) is 0 Å². The summed E-state index contributed by atoms with van der Waals surface area (Å²) in [5.74, 6) is 5.14. The van der Waals surface area contributed by atoms with Gasteiger partial charge < -0.3 is 5.32 Å². The summed E-state index contributed by atoms with van der Waals surface area (Å²) in [4.78, 5) is 3.22. The van der Waals surface area contributed by atoms with Crippen molar-refractivity contribution < 1.29 is 0 Å². The van der Waals surface area contributed by atoms with Gasteiger partial charge in [0.2, 0.25) is 0 Å². The van der Waals surface area contributed by atoms with Gasteiger partial charge in [0.1, 0.15) is 0 Å². The lowest BCUT2D eigenvalue weighted by molar-refractivity contribution is 0.00613. The van der Waals surface area contributed by atoms with Crippen LogP contribution in [0.1, 0.15) is 67.0 Å². The molecule has 114 valence electrons. The Hall–Kier alpha value is -0.340. The Morgan fingerprint density at radius 1 is 0.952 bits per heavy atom. The fourth-order valence-corrected chi connectivity index (χ4v) is 6.80. The molecule has 5 rings (SSSR count). The van der Waals surface area contributed by atoms with E-state index in [0.717, 1.165) is 42.2 Å². The summed E-state index contributed by atoms with van der Waals surface area (Å²) < 4.78 is 0. The number of thiophene rings is 1. The van der Waals surface area contributed by atoms with Crippen molar-refractivity contribution in [3.05, 3.63) is 21.9 Å². The summed E-state index contributed by atoms with van der Waals surface area (Å²) >= 11 is 2.07. The van der Waals surface area contributed by atoms with Crippen LogP contribution in [0.5, 0.6) is 0 Å². The molecule has 21 heavy (non-hydrogen) atoms. The van der Waals surface area contributed by atoms with E-state index >= 15 is 0 Å². The van der Waals surface area contributed by atoms with Crippen LogP contribution in [0, 0.1) is 23.7 Å². The van der Waals surface area contributed by atoms with E-state index in [-0.39, 0.29) is 0 Å². The molecule has 3 bridgehead atoms. The number of hydrogen-bond acceptors (Lipinski definition) is 2. The number of fused-ring (bicyclic) bond motifs is 2. The zero-order valence-electron chi connectivity index (χ0n) is 12.9. The van der Waals surface area contributed by atoms with E-state index in [1.165, 1.54) is 32.1 Å². The average Bonchev–Trinajstić information content (AvgIpc) is 3.22. The molecule has 5 atom stereocenters. The third-order valence-electron chi connectivity index (χ3n) is 6.76. The Morgan fingerprint density at radius 2 is 1.86 bits per heavy atom. The maximum atomic E-state index is 3.98. The normalized spacial score (nSPS) is 41.4. The molecule has 4 fully saturated rings. The van der Waals surface area contributed by atoms with Crippen molar-refractivity contribution in [2.75, 3.05) is 0 Å². The first-order chi connectivity index (χ1) is 10.3. The summed E-state index contributed by atoms with van der Waals surface area (Å²) in [6.45, 7) is 1.13. The zero-order chi connectivity index (χ0) is 13.8. The van der Waals surface area contributed by atoms with Gasteiger partial charge in [-0.3, -0.25) is 0 Å². The molecule has 1 N–H and O–H groups in total. The number of rotatable bonds is 4. The maximum absolute atomic E-state index is 3.98. The Labute approximate surface area is 132 Å². The van der Waals surface area contributed by atoms with Crippen molar-refractivity contribution in [1.82, 2.24) is 5.32 Å². The lowest BCUT2D eigenvalue weighted by Gasteiger charge is -2.52. The topological polar surface area (TPSA) is 12.0 Å². The Morgan fingerprint density at radius 3 is 2.76 bits per heavy atom. The van der Waals surface area contributed by atoms with E-state index in [9.17, 15) is 0 Å². The molecule has 1 heterocycles. The molecule has 0 spiro atoms. The Bertz CT molecular complexity index is 511. The van der Waals surface area contributed by atoms with Crippen molar-refractivity contribution in [1.29, 1.82) is 0 Å². The monoisotopic (exact) mass is 301 g/mol. The third-order valence-corrected chi connectivity index (χ3v) is 8.01. The Balaban J connectivity index is 1.25. The van der Waals surface area contributed by atoms with Crippen LogP contribution >= 0.6 is 11.3 Å². The fraction of sp³-hybridized carbons (Fsp3) is 0.789. The smallest absolute Gasteiger partial charge is 0.0302 e. The minimum absolute atomic E-state index is 0.821. The van der Waals surface area contributed by atoms with E-state index in [1.54, 1.807) is 29.0 Å². The van der Waals surface area contributed by atoms with Gasteiger partial charge in [-0.15, -0.1) is 11.3 Å². The summed E-state index contributed by atoms with van der Waals surface area (Å²) in [5, 5.41) is 3.98. The molecule has 1 aromatic rings. The molecule has 5 unspecified atom stereocenters. The van der Waals surface area contributed by atoms with Crippen molar-refractivity contribution in [2.45, 2.75) is 69.9 Å². The predicted octanol–water partition coefficient (Wildman–Crippen LogP) is 4.93. The summed E-state index contributed by atoms with van der Waals surface area (Å²) in [5.41, 5.74) is 0. The lowest BCUT2D eigenvalue weighted by Crippen LogP contribution is -2.50. The molecule has 0 amide bonds. The van der Waals surface area contributed by atoms with Gasteiger partial charge in [-0.1, -0.05) is 6.42 Å². The standard InChI is InChI=1S/C19H27NS/c1-5-17-15-8-12(1)7-13(9-15)10-18(17)20-11-16-4-6-19(21-16)14-2-3-14/h4,6,12-15,17-18,20H,1-3,5,7-11H2. The van der Waals surface area contributed by atoms with Crippen LogP contribution in [-0.4, -0.2) is 6.04 Å². The minimum atomic E-state index is 0.821. The number of nitrogens with one attached hydrogen (secondary N) is 1. The van der Waals surface area contributed by atoms with Gasteiger partial charge in [-0.05, 0) is 86.7 Å². The van der Waals surface area contributed by atoms with Crippen LogP contribution in [-0.2, 0) is 6.54 Å². The van der Waals surface area contributed by atoms with Crippen LogP contribution in [0.25, 0.3) is 0 Å². The van der Waals surface area contributed by atoms with Gasteiger partial charge in [0.15, 0.2) is 0 Å². The zero-order valence-corrected chi connectivity index (χ0v) is 13.7. The second kappa shape index (κ2) is 5.09. The van der Waals surface area contributed by atoms with Crippen LogP contribution in [0.4, 0.5) is 0 Å². The largest absolute Gasteiger partial charge is 0.309 e. The predicted molar refractivity (Wildman–Crippen MR) is 88.6 cm³/mol. The molecule has 4 saturated carbocycles. The van der Waals surface area contributed by atoms with E-state index in [1.807, 2.05) is 0 Å². The van der Waals surface area contributed by atoms with Crippen LogP contribution in [0.15, 0.2) is 12.1 Å². The van der Waals surface area contributed by atoms with Crippen molar-refractivity contribution in [3.63, 3.8) is 0 Å². The van der Waals surface area contributed by atoms with Gasteiger partial charge in [0.25, 0.3) is 0 Å². The van der Waals surface area contributed by atoms with Gasteiger partial charge in [-0.25, -0.2) is 0 Å². The highest BCUT2D eigenvalue weighted by Crippen LogP contribution is 2.52. The quantitative estimate of drug-likeness (QED) is 0.831. The molecular formula is C19H27NS. The number of hydrogen-bond donors (Lipinski definition) is 1. The molecule has 4 aliphatic rings. The van der Waals surface area contributed by atoms with E-state index < -0.39 is 0 Å². The summed E-state index contributed by atoms with van der Waals surface area (Å²) in [6, 6.07) is 5.59. The van der Waals surface area contributed by atoms with Crippen LogP contribution in [0.3, 0.4) is 0 Å². The molecular weight excluding hydrogens is 274 g/mol. The minimum Gasteiger partial charge on any atom is -0.309 e. The van der Waals surface area contributed by atoms with Gasteiger partial charge in [0, 0.05) is 22.3 Å².